The minimum Gasteiger partial charge on any atom is -0.493 e. The highest BCUT2D eigenvalue weighted by atomic mass is 35.5. The van der Waals surface area contributed by atoms with Gasteiger partial charge in [0.2, 0.25) is 0 Å². The third-order valence-electron chi connectivity index (χ3n) is 4.33. The van der Waals surface area contributed by atoms with E-state index in [0.717, 1.165) is 35.2 Å². The van der Waals surface area contributed by atoms with Crippen LogP contribution in [0.3, 0.4) is 0 Å². The second kappa shape index (κ2) is 10.7. The average Bonchev–Trinajstić information content (AvgIpc) is 3.02. The zero-order chi connectivity index (χ0) is 22.4. The number of hydrazine groups is 1. The number of nitrogens with one attached hydrogen (secondary N) is 1. The smallest absolute Gasteiger partial charge is 0.285 e. The Morgan fingerprint density at radius 1 is 1.26 bits per heavy atom. The number of ether oxygens (including phenoxy) is 2. The molecule has 1 heterocycles. The Labute approximate surface area is 195 Å². The van der Waals surface area contributed by atoms with Crippen LogP contribution in [0.1, 0.15) is 35.7 Å². The molecule has 6 nitrogen and oxygen atoms in total. The van der Waals surface area contributed by atoms with E-state index in [-0.39, 0.29) is 4.32 Å². The number of benzene rings is 2. The van der Waals surface area contributed by atoms with E-state index < -0.39 is 11.8 Å². The van der Waals surface area contributed by atoms with E-state index in [1.54, 1.807) is 37.5 Å². The Morgan fingerprint density at radius 2 is 2.06 bits per heavy atom. The fourth-order valence-corrected chi connectivity index (χ4v) is 4.10. The summed E-state index contributed by atoms with van der Waals surface area (Å²) in [6, 6.07) is 11.9. The number of rotatable bonds is 8. The normalized spacial score (nSPS) is 14.8. The van der Waals surface area contributed by atoms with Gasteiger partial charge < -0.3 is 9.47 Å². The van der Waals surface area contributed by atoms with Crippen molar-refractivity contribution in [2.24, 2.45) is 0 Å². The van der Waals surface area contributed by atoms with Crippen LogP contribution in [0.15, 0.2) is 47.4 Å². The number of nitrogens with zero attached hydrogens (tertiary/aromatic N) is 1. The average molecular weight is 477 g/mol. The monoisotopic (exact) mass is 476 g/mol. The van der Waals surface area contributed by atoms with E-state index in [9.17, 15) is 9.59 Å². The number of amides is 2. The maximum Gasteiger partial charge on any atom is 0.285 e. The molecular formula is C22H21ClN2O4S2. The van der Waals surface area contributed by atoms with Gasteiger partial charge in [-0.25, -0.2) is 0 Å². The quantitative estimate of drug-likeness (QED) is 0.326. The fraction of sp³-hybridized carbons (Fsp3) is 0.227. The first kappa shape index (κ1) is 23.1. The van der Waals surface area contributed by atoms with Crippen molar-refractivity contribution in [1.82, 2.24) is 10.4 Å². The molecule has 0 saturated carbocycles. The number of carbonyl (C=O) groups excluding carboxylic acids is 2. The molecule has 0 aliphatic carbocycles. The fourth-order valence-electron chi connectivity index (χ4n) is 2.73. The van der Waals surface area contributed by atoms with E-state index in [0.29, 0.717) is 33.6 Å². The van der Waals surface area contributed by atoms with Gasteiger partial charge in [0.25, 0.3) is 11.8 Å². The lowest BCUT2D eigenvalue weighted by Gasteiger charge is -2.15. The molecule has 1 aliphatic heterocycles. The summed E-state index contributed by atoms with van der Waals surface area (Å²) in [4.78, 5) is 25.6. The largest absolute Gasteiger partial charge is 0.493 e. The first-order chi connectivity index (χ1) is 14.9. The number of halogens is 1. The number of unbranched alkanes of at least 4 members (excludes halogenated alkanes) is 1. The number of thiocarbonyl (C=S) groups is 1. The molecule has 31 heavy (non-hydrogen) atoms. The lowest BCUT2D eigenvalue weighted by atomic mass is 10.2. The van der Waals surface area contributed by atoms with Gasteiger partial charge >= 0.3 is 0 Å². The molecule has 162 valence electrons. The standard InChI is InChI=1S/C22H21ClN2O4S2/c1-3-4-10-29-17-9-8-14(11-18(17)28-2)12-19-21(27)25(22(30)31-19)24-20(26)15-6-5-7-16(23)13-15/h5-9,11-13H,3-4,10H2,1-2H3,(H,24,26)/b19-12-. The summed E-state index contributed by atoms with van der Waals surface area (Å²) in [6.07, 6.45) is 3.69. The molecule has 0 atom stereocenters. The van der Waals surface area contributed by atoms with Gasteiger partial charge in [-0.15, -0.1) is 0 Å². The van der Waals surface area contributed by atoms with Crippen LogP contribution in [0, 0.1) is 0 Å². The lowest BCUT2D eigenvalue weighted by Crippen LogP contribution is -2.44. The van der Waals surface area contributed by atoms with Gasteiger partial charge in [0.05, 0.1) is 18.6 Å². The predicted molar refractivity (Wildman–Crippen MR) is 127 cm³/mol. The zero-order valence-corrected chi connectivity index (χ0v) is 19.4. The highest BCUT2D eigenvalue weighted by Crippen LogP contribution is 2.34. The summed E-state index contributed by atoms with van der Waals surface area (Å²) in [5.41, 5.74) is 3.62. The van der Waals surface area contributed by atoms with Crippen molar-refractivity contribution in [2.45, 2.75) is 19.8 Å². The maximum absolute atomic E-state index is 12.8. The molecular weight excluding hydrogens is 456 g/mol. The summed E-state index contributed by atoms with van der Waals surface area (Å²) >= 11 is 12.3. The molecule has 0 bridgehead atoms. The van der Waals surface area contributed by atoms with Crippen LogP contribution >= 0.6 is 35.6 Å². The number of thioether (sulfide) groups is 1. The number of hydrogen-bond donors (Lipinski definition) is 1. The Morgan fingerprint density at radius 3 is 2.77 bits per heavy atom. The van der Waals surface area contributed by atoms with E-state index >= 15 is 0 Å². The van der Waals surface area contributed by atoms with Crippen LogP contribution in [-0.2, 0) is 4.79 Å². The minimum atomic E-state index is -0.477. The van der Waals surface area contributed by atoms with Gasteiger partial charge in [-0.2, -0.15) is 5.01 Å². The Bertz CT molecular complexity index is 1040. The molecule has 0 aromatic heterocycles. The van der Waals surface area contributed by atoms with Crippen molar-refractivity contribution in [3.8, 4) is 11.5 Å². The Hall–Kier alpha value is -2.55. The molecule has 1 aliphatic rings. The van der Waals surface area contributed by atoms with Crippen molar-refractivity contribution >= 4 is 57.8 Å². The highest BCUT2D eigenvalue weighted by molar-refractivity contribution is 8.26. The molecule has 1 N–H and O–H groups in total. The summed E-state index contributed by atoms with van der Waals surface area (Å²) in [5.74, 6) is 0.340. The zero-order valence-electron chi connectivity index (χ0n) is 17.0. The predicted octanol–water partition coefficient (Wildman–Crippen LogP) is 5.07. The van der Waals surface area contributed by atoms with Gasteiger partial charge in [0.15, 0.2) is 15.8 Å². The van der Waals surface area contributed by atoms with Crippen LogP contribution in [0.5, 0.6) is 11.5 Å². The second-order valence-corrected chi connectivity index (χ2v) is 8.69. The van der Waals surface area contributed by atoms with Crippen molar-refractivity contribution < 1.29 is 19.1 Å². The van der Waals surface area contributed by atoms with E-state index in [2.05, 4.69) is 12.3 Å². The number of hydrogen-bond acceptors (Lipinski definition) is 6. The Balaban J connectivity index is 1.74. The summed E-state index contributed by atoms with van der Waals surface area (Å²) < 4.78 is 11.4. The lowest BCUT2D eigenvalue weighted by molar-refractivity contribution is -0.123. The van der Waals surface area contributed by atoms with Crippen LogP contribution < -0.4 is 14.9 Å². The van der Waals surface area contributed by atoms with Crippen molar-refractivity contribution in [3.63, 3.8) is 0 Å². The Kier molecular flexibility index (Phi) is 7.95. The van der Waals surface area contributed by atoms with Gasteiger partial charge in [0.1, 0.15) is 0 Å². The van der Waals surface area contributed by atoms with Gasteiger partial charge in [-0.1, -0.05) is 48.8 Å². The van der Waals surface area contributed by atoms with Gasteiger partial charge in [-0.05, 0) is 60.6 Å². The van der Waals surface area contributed by atoms with Crippen LogP contribution in [-0.4, -0.2) is 34.9 Å². The van der Waals surface area contributed by atoms with E-state index in [1.807, 2.05) is 12.1 Å². The van der Waals surface area contributed by atoms with Crippen molar-refractivity contribution in [3.05, 3.63) is 63.5 Å². The second-order valence-electron chi connectivity index (χ2n) is 6.58. The van der Waals surface area contributed by atoms with Crippen LogP contribution in [0.25, 0.3) is 6.08 Å². The maximum atomic E-state index is 12.8. The summed E-state index contributed by atoms with van der Waals surface area (Å²) in [5, 5.41) is 1.49. The molecule has 0 spiro atoms. The molecule has 2 amide bonds. The molecule has 2 aromatic rings. The first-order valence-corrected chi connectivity index (χ1v) is 11.2. The first-order valence-electron chi connectivity index (χ1n) is 9.58. The van der Waals surface area contributed by atoms with Crippen molar-refractivity contribution in [1.29, 1.82) is 0 Å². The third-order valence-corrected chi connectivity index (χ3v) is 5.87. The molecule has 9 heteroatoms. The van der Waals surface area contributed by atoms with E-state index in [1.165, 1.54) is 6.07 Å². The number of carbonyl (C=O) groups is 2. The molecule has 3 rings (SSSR count). The van der Waals surface area contributed by atoms with Gasteiger partial charge in [-0.3, -0.25) is 15.0 Å². The number of methoxy groups -OCH3 is 1. The molecule has 0 unspecified atom stereocenters. The SMILES string of the molecule is CCCCOc1ccc(/C=C2\SC(=S)N(NC(=O)c3cccc(Cl)c3)C2=O)cc1OC. The van der Waals surface area contributed by atoms with Crippen molar-refractivity contribution in [2.75, 3.05) is 13.7 Å². The van der Waals surface area contributed by atoms with Crippen LogP contribution in [0.2, 0.25) is 5.02 Å². The summed E-state index contributed by atoms with van der Waals surface area (Å²) in [6.45, 7) is 2.70. The third kappa shape index (κ3) is 5.78. The highest BCUT2D eigenvalue weighted by Gasteiger charge is 2.33. The van der Waals surface area contributed by atoms with Gasteiger partial charge in [0, 0.05) is 10.6 Å². The molecule has 1 saturated heterocycles. The van der Waals surface area contributed by atoms with Crippen LogP contribution in [0.4, 0.5) is 0 Å². The van der Waals surface area contributed by atoms with E-state index in [4.69, 9.17) is 33.3 Å². The summed E-state index contributed by atoms with van der Waals surface area (Å²) in [7, 11) is 1.57. The minimum absolute atomic E-state index is 0.234. The molecule has 2 aromatic carbocycles. The molecule has 1 fully saturated rings. The topological polar surface area (TPSA) is 67.9 Å². The molecule has 0 radical (unpaired) electrons.